The summed E-state index contributed by atoms with van der Waals surface area (Å²) in [5.41, 5.74) is 0.630. The number of hydrogen-bond donors (Lipinski definition) is 2. The van der Waals surface area contributed by atoms with Crippen molar-refractivity contribution in [3.63, 3.8) is 0 Å². The largest absolute Gasteiger partial charge is 0.354 e. The van der Waals surface area contributed by atoms with Gasteiger partial charge in [-0.15, -0.1) is 0 Å². The molecule has 4 amide bonds. The van der Waals surface area contributed by atoms with Gasteiger partial charge >= 0.3 is 0 Å². The van der Waals surface area contributed by atoms with Gasteiger partial charge < -0.3 is 10.6 Å². The minimum atomic E-state index is -0.754. The summed E-state index contributed by atoms with van der Waals surface area (Å²) in [7, 11) is 0. The number of imide groups is 1. The van der Waals surface area contributed by atoms with Gasteiger partial charge in [-0.05, 0) is 55.8 Å². The molecule has 2 N–H and O–H groups in total. The number of amides is 4. The third-order valence-corrected chi connectivity index (χ3v) is 4.52. The number of halogens is 1. The quantitative estimate of drug-likeness (QED) is 0.731. The SMILES string of the molecule is CCCNC(=O)[C@@H](C)NC(=O)c1ccc2c(c1)C(=O)N(c1ccc(F)cc1)C2=O. The van der Waals surface area contributed by atoms with Gasteiger partial charge in [-0.2, -0.15) is 0 Å². The Morgan fingerprint density at radius 2 is 1.69 bits per heavy atom. The normalized spacial score (nSPS) is 13.8. The molecule has 150 valence electrons. The van der Waals surface area contributed by atoms with Crippen molar-refractivity contribution in [2.75, 3.05) is 11.4 Å². The van der Waals surface area contributed by atoms with Crippen molar-refractivity contribution in [1.29, 1.82) is 0 Å². The van der Waals surface area contributed by atoms with E-state index in [9.17, 15) is 23.6 Å². The zero-order chi connectivity index (χ0) is 21.1. The fourth-order valence-electron chi connectivity index (χ4n) is 2.95. The lowest BCUT2D eigenvalue weighted by molar-refractivity contribution is -0.122. The Bertz CT molecular complexity index is 988. The molecule has 2 aromatic rings. The summed E-state index contributed by atoms with van der Waals surface area (Å²) in [6, 6.07) is 8.37. The Morgan fingerprint density at radius 1 is 1.03 bits per heavy atom. The number of rotatable bonds is 6. The van der Waals surface area contributed by atoms with E-state index in [0.29, 0.717) is 6.54 Å². The van der Waals surface area contributed by atoms with Crippen LogP contribution in [0.25, 0.3) is 0 Å². The Balaban J connectivity index is 1.80. The Morgan fingerprint density at radius 3 is 2.34 bits per heavy atom. The van der Waals surface area contributed by atoms with Crippen molar-refractivity contribution < 1.29 is 23.6 Å². The lowest BCUT2D eigenvalue weighted by Crippen LogP contribution is -2.45. The van der Waals surface area contributed by atoms with Gasteiger partial charge in [-0.25, -0.2) is 9.29 Å². The summed E-state index contributed by atoms with van der Waals surface area (Å²) in [6.45, 7) is 3.98. The topological polar surface area (TPSA) is 95.6 Å². The van der Waals surface area contributed by atoms with E-state index in [4.69, 9.17) is 0 Å². The predicted molar refractivity (Wildman–Crippen MR) is 104 cm³/mol. The molecule has 29 heavy (non-hydrogen) atoms. The minimum Gasteiger partial charge on any atom is -0.354 e. The molecule has 0 bridgehead atoms. The first-order valence-electron chi connectivity index (χ1n) is 9.20. The first kappa shape index (κ1) is 20.2. The Hall–Kier alpha value is -3.55. The smallest absolute Gasteiger partial charge is 0.266 e. The highest BCUT2D eigenvalue weighted by atomic mass is 19.1. The second kappa shape index (κ2) is 8.22. The van der Waals surface area contributed by atoms with E-state index in [0.717, 1.165) is 23.5 Å². The summed E-state index contributed by atoms with van der Waals surface area (Å²) < 4.78 is 13.1. The van der Waals surface area contributed by atoms with Crippen molar-refractivity contribution in [2.45, 2.75) is 26.3 Å². The predicted octanol–water partition coefficient (Wildman–Crippen LogP) is 2.27. The van der Waals surface area contributed by atoms with E-state index in [1.165, 1.54) is 30.3 Å². The van der Waals surface area contributed by atoms with Gasteiger partial charge in [0.1, 0.15) is 11.9 Å². The second-order valence-corrected chi connectivity index (χ2v) is 6.67. The first-order valence-corrected chi connectivity index (χ1v) is 9.20. The van der Waals surface area contributed by atoms with Crippen molar-refractivity contribution in [1.82, 2.24) is 10.6 Å². The zero-order valence-electron chi connectivity index (χ0n) is 16.0. The van der Waals surface area contributed by atoms with Crippen LogP contribution in [0.2, 0.25) is 0 Å². The van der Waals surface area contributed by atoms with Crippen LogP contribution < -0.4 is 15.5 Å². The van der Waals surface area contributed by atoms with Crippen LogP contribution in [-0.4, -0.2) is 36.2 Å². The molecule has 1 atom stereocenters. The molecule has 0 spiro atoms. The number of nitrogens with one attached hydrogen (secondary N) is 2. The van der Waals surface area contributed by atoms with Crippen molar-refractivity contribution in [3.05, 3.63) is 65.0 Å². The van der Waals surface area contributed by atoms with Gasteiger partial charge in [0.05, 0.1) is 16.8 Å². The van der Waals surface area contributed by atoms with Crippen LogP contribution in [-0.2, 0) is 4.79 Å². The summed E-state index contributed by atoms with van der Waals surface area (Å²) in [4.78, 5) is 50.7. The number of anilines is 1. The highest BCUT2D eigenvalue weighted by Gasteiger charge is 2.37. The fourth-order valence-corrected chi connectivity index (χ4v) is 2.95. The molecule has 7 nitrogen and oxygen atoms in total. The molecule has 3 rings (SSSR count). The molecular weight excluding hydrogens is 377 g/mol. The molecule has 1 aliphatic heterocycles. The molecule has 0 radical (unpaired) electrons. The van der Waals surface area contributed by atoms with Gasteiger partial charge in [0.25, 0.3) is 17.7 Å². The van der Waals surface area contributed by atoms with Crippen LogP contribution in [0.4, 0.5) is 10.1 Å². The molecule has 0 aliphatic carbocycles. The van der Waals surface area contributed by atoms with Crippen LogP contribution in [0.3, 0.4) is 0 Å². The van der Waals surface area contributed by atoms with Crippen LogP contribution in [0.1, 0.15) is 51.3 Å². The number of benzene rings is 2. The average molecular weight is 397 g/mol. The van der Waals surface area contributed by atoms with E-state index in [1.54, 1.807) is 6.92 Å². The number of hydrogen-bond acceptors (Lipinski definition) is 4. The fraction of sp³-hybridized carbons (Fsp3) is 0.238. The van der Waals surface area contributed by atoms with E-state index < -0.39 is 29.6 Å². The molecule has 0 unspecified atom stereocenters. The van der Waals surface area contributed by atoms with E-state index in [2.05, 4.69) is 10.6 Å². The molecule has 1 aliphatic rings. The number of carbonyl (C=O) groups is 4. The lowest BCUT2D eigenvalue weighted by Gasteiger charge is -2.14. The molecule has 1 heterocycles. The number of carbonyl (C=O) groups excluding carboxylic acids is 4. The molecular formula is C21H20FN3O4. The first-order chi connectivity index (χ1) is 13.8. The Kier molecular flexibility index (Phi) is 5.72. The van der Waals surface area contributed by atoms with Crippen molar-refractivity contribution >= 4 is 29.3 Å². The van der Waals surface area contributed by atoms with Gasteiger partial charge in [0.2, 0.25) is 5.91 Å². The molecule has 0 saturated carbocycles. The standard InChI is InChI=1S/C21H20FN3O4/c1-3-10-23-18(26)12(2)24-19(27)13-4-9-16-17(11-13)21(29)25(20(16)28)15-7-5-14(22)6-8-15/h4-9,11-12H,3,10H2,1-2H3,(H,23,26)(H,24,27)/t12-/m1/s1. The zero-order valence-corrected chi connectivity index (χ0v) is 16.0. The van der Waals surface area contributed by atoms with Gasteiger partial charge in [0.15, 0.2) is 0 Å². The van der Waals surface area contributed by atoms with Crippen LogP contribution in [0, 0.1) is 5.82 Å². The maximum atomic E-state index is 13.1. The van der Waals surface area contributed by atoms with Crippen molar-refractivity contribution in [3.8, 4) is 0 Å². The molecule has 0 aromatic heterocycles. The average Bonchev–Trinajstić information content (AvgIpc) is 2.96. The molecule has 2 aromatic carbocycles. The summed E-state index contributed by atoms with van der Waals surface area (Å²) in [5.74, 6) is -2.47. The molecule has 8 heteroatoms. The molecule has 0 saturated heterocycles. The van der Waals surface area contributed by atoms with E-state index in [1.807, 2.05) is 6.92 Å². The molecule has 0 fully saturated rings. The highest BCUT2D eigenvalue weighted by Crippen LogP contribution is 2.29. The van der Waals surface area contributed by atoms with Crippen LogP contribution >= 0.6 is 0 Å². The lowest BCUT2D eigenvalue weighted by atomic mass is 10.0. The maximum Gasteiger partial charge on any atom is 0.266 e. The summed E-state index contributed by atoms with van der Waals surface area (Å²) in [6.07, 6.45) is 0.776. The number of nitrogens with zero attached hydrogens (tertiary/aromatic N) is 1. The van der Waals surface area contributed by atoms with E-state index >= 15 is 0 Å². The highest BCUT2D eigenvalue weighted by molar-refractivity contribution is 6.34. The van der Waals surface area contributed by atoms with Gasteiger partial charge in [-0.3, -0.25) is 19.2 Å². The summed E-state index contributed by atoms with van der Waals surface area (Å²) in [5, 5.41) is 5.25. The van der Waals surface area contributed by atoms with Gasteiger partial charge in [-0.1, -0.05) is 6.92 Å². The minimum absolute atomic E-state index is 0.0788. The van der Waals surface area contributed by atoms with Crippen molar-refractivity contribution in [2.24, 2.45) is 0 Å². The second-order valence-electron chi connectivity index (χ2n) is 6.67. The third-order valence-electron chi connectivity index (χ3n) is 4.52. The Labute approximate surface area is 166 Å². The third kappa shape index (κ3) is 4.01. The van der Waals surface area contributed by atoms with E-state index in [-0.39, 0.29) is 28.3 Å². The monoisotopic (exact) mass is 397 g/mol. The maximum absolute atomic E-state index is 13.1. The number of fused-ring (bicyclic) bond motifs is 1. The van der Waals surface area contributed by atoms with Crippen LogP contribution in [0.5, 0.6) is 0 Å². The van der Waals surface area contributed by atoms with Gasteiger partial charge in [0, 0.05) is 12.1 Å². The summed E-state index contributed by atoms with van der Waals surface area (Å²) >= 11 is 0. The van der Waals surface area contributed by atoms with Crippen LogP contribution in [0.15, 0.2) is 42.5 Å².